The van der Waals surface area contributed by atoms with Crippen molar-refractivity contribution in [3.8, 4) is 17.2 Å². The zero-order chi connectivity index (χ0) is 50.8. The fraction of sp³-hybridized carbons (Fsp3) is 0.111. The molecule has 0 unspecified atom stereocenters. The Hall–Kier alpha value is -7.92. The number of carbonyl (C=O) groups excluding carboxylic acids is 1. The molecule has 7 rings (SSSR count). The van der Waals surface area contributed by atoms with Crippen LogP contribution in [0, 0.1) is 10.1 Å². The van der Waals surface area contributed by atoms with Crippen molar-refractivity contribution in [3.05, 3.63) is 160 Å². The van der Waals surface area contributed by atoms with Gasteiger partial charge in [-0.3, -0.25) is 19.5 Å². The number of hydrogen-bond acceptors (Lipinski definition) is 19. The van der Waals surface area contributed by atoms with Crippen LogP contribution in [0.15, 0.2) is 163 Å². The van der Waals surface area contributed by atoms with Crippen LogP contribution in [-0.2, 0) is 48.5 Å². The van der Waals surface area contributed by atoms with E-state index in [1.807, 2.05) is 25.1 Å². The SMILES string of the molecule is C/C(O)=C(/N=Nc1cc([N+](=O)[O-])cc(S(=O)(=O)O)c1O)C(=O)Nc1ccccc1.CCCS(=O)(=O)c1ccc(Nc2nc(Cl)nc(Cc3ccc4c(O)c(N=Nc5ccccc5O)ccc4c3)n2)cc1.[Cr]. The standard InChI is InChI=1S/C29H25ClN6O4S.C16H14N4O8S.Cr/c1-2-15-41(39,40)21-11-9-20(10-12-21)31-29-33-26(32-28(30)34-29)17-18-7-13-22-19(16-18)8-14-24(27(22)38)36-35-23-5-3-4-6-25(23)37;1-9(21)14(16(23)17-10-5-3-2-4-6-10)19-18-12-7-11(20(24)25)8-13(15(12)22)29(26,27)28;/h3-14,16,37-38H,2,15,17H2,1H3,(H,31,32,33,34);2-8,21-22H,1H3,(H,17,23)(H,26,27,28);/b;14-9-,19-18?;. The molecule has 0 aliphatic heterocycles. The Labute approximate surface area is 420 Å². The fourth-order valence-corrected chi connectivity index (χ4v) is 8.34. The third kappa shape index (κ3) is 14.3. The predicted molar refractivity (Wildman–Crippen MR) is 257 cm³/mol. The minimum Gasteiger partial charge on any atom is -0.510 e. The number of rotatable bonds is 15. The summed E-state index contributed by atoms with van der Waals surface area (Å²) in [5.74, 6) is -1.88. The number of amides is 1. The number of aromatic hydroxyl groups is 3. The number of anilines is 3. The molecule has 22 nitrogen and oxygen atoms in total. The van der Waals surface area contributed by atoms with Gasteiger partial charge < -0.3 is 31.1 Å². The number of halogens is 1. The molecular formula is C45H39ClCrN10O12S2. The Morgan fingerprint density at radius 3 is 2.10 bits per heavy atom. The monoisotopic (exact) mass is 1060 g/mol. The number of azo groups is 2. The van der Waals surface area contributed by atoms with E-state index in [1.54, 1.807) is 84.9 Å². The summed E-state index contributed by atoms with van der Waals surface area (Å²) < 4.78 is 56.3. The molecule has 6 aromatic carbocycles. The van der Waals surface area contributed by atoms with Crippen LogP contribution < -0.4 is 10.6 Å². The van der Waals surface area contributed by atoms with Gasteiger partial charge in [0.25, 0.3) is 21.7 Å². The number of phenolic OH excluding ortho intramolecular Hbond substituents is 3. The fourth-order valence-electron chi connectivity index (χ4n) is 6.22. The number of aromatic nitrogens is 3. The van der Waals surface area contributed by atoms with Gasteiger partial charge in [-0.05, 0) is 90.5 Å². The Bertz CT molecular complexity index is 3440. The zero-order valence-electron chi connectivity index (χ0n) is 36.9. The molecule has 26 heteroatoms. The van der Waals surface area contributed by atoms with Crippen LogP contribution in [0.25, 0.3) is 10.8 Å². The van der Waals surface area contributed by atoms with Crippen LogP contribution in [-0.4, -0.2) is 73.3 Å². The van der Waals surface area contributed by atoms with Gasteiger partial charge in [-0.1, -0.05) is 61.5 Å². The normalized spacial score (nSPS) is 11.9. The third-order valence-corrected chi connectivity index (χ3v) is 12.5. The molecular weight excluding hydrogens is 1020 g/mol. The van der Waals surface area contributed by atoms with E-state index in [-0.39, 0.29) is 56.4 Å². The van der Waals surface area contributed by atoms with Crippen molar-refractivity contribution in [2.75, 3.05) is 16.4 Å². The number of carbonyl (C=O) groups is 1. The zero-order valence-corrected chi connectivity index (χ0v) is 40.6. The maximum atomic E-state index is 12.3. The van der Waals surface area contributed by atoms with Crippen molar-refractivity contribution in [2.45, 2.75) is 36.5 Å². The van der Waals surface area contributed by atoms with Gasteiger partial charge >= 0.3 is 0 Å². The average molecular weight is 1060 g/mol. The molecule has 1 heterocycles. The number of nitro groups is 1. The summed E-state index contributed by atoms with van der Waals surface area (Å²) in [5.41, 5.74) is 0.270. The number of phenols is 3. The van der Waals surface area contributed by atoms with Crippen molar-refractivity contribution in [1.29, 1.82) is 0 Å². The quantitative estimate of drug-likeness (QED) is 0.0125. The Morgan fingerprint density at radius 1 is 0.775 bits per heavy atom. The van der Waals surface area contributed by atoms with E-state index in [4.69, 9.17) is 16.2 Å². The number of benzene rings is 6. The molecule has 1 aromatic heterocycles. The molecule has 71 heavy (non-hydrogen) atoms. The molecule has 0 fully saturated rings. The number of fused-ring (bicyclic) bond motifs is 1. The van der Waals surface area contributed by atoms with Gasteiger partial charge in [-0.15, -0.1) is 20.5 Å². The number of para-hydroxylation sites is 2. The number of nitrogens with zero attached hydrogens (tertiary/aromatic N) is 8. The second-order valence-electron chi connectivity index (χ2n) is 14.7. The smallest absolute Gasteiger partial charge is 0.298 e. The van der Waals surface area contributed by atoms with Crippen molar-refractivity contribution in [3.63, 3.8) is 0 Å². The van der Waals surface area contributed by atoms with Crippen LogP contribution in [0.3, 0.4) is 0 Å². The molecule has 0 aliphatic carbocycles. The number of aliphatic hydroxyl groups excluding tert-OH is 1. The van der Waals surface area contributed by atoms with Crippen molar-refractivity contribution in [1.82, 2.24) is 15.0 Å². The van der Waals surface area contributed by atoms with Crippen LogP contribution >= 0.6 is 11.6 Å². The van der Waals surface area contributed by atoms with Crippen molar-refractivity contribution in [2.24, 2.45) is 20.5 Å². The number of hydrogen-bond donors (Lipinski definition) is 7. The molecule has 0 radical (unpaired) electrons. The number of aliphatic hydroxyl groups is 1. The molecule has 1 amide bonds. The molecule has 0 atom stereocenters. The summed E-state index contributed by atoms with van der Waals surface area (Å²) in [7, 11) is -8.33. The predicted octanol–water partition coefficient (Wildman–Crippen LogP) is 10.1. The van der Waals surface area contributed by atoms with Gasteiger partial charge in [-0.25, -0.2) is 13.4 Å². The second-order valence-corrected chi connectivity index (χ2v) is 18.5. The van der Waals surface area contributed by atoms with Gasteiger partial charge in [0, 0.05) is 52.7 Å². The number of nitro benzene ring substituents is 1. The molecule has 366 valence electrons. The van der Waals surface area contributed by atoms with Crippen molar-refractivity contribution >= 4 is 88.3 Å². The molecule has 0 aliphatic rings. The number of non-ortho nitro benzene ring substituents is 1. The van der Waals surface area contributed by atoms with Crippen LogP contribution in [0.5, 0.6) is 17.2 Å². The first-order chi connectivity index (χ1) is 33.2. The van der Waals surface area contributed by atoms with E-state index in [0.29, 0.717) is 53.2 Å². The molecule has 7 N–H and O–H groups in total. The average Bonchev–Trinajstić information content (AvgIpc) is 3.30. The Balaban J connectivity index is 0.000000277. The van der Waals surface area contributed by atoms with Crippen LogP contribution in [0.2, 0.25) is 5.28 Å². The molecule has 0 saturated carbocycles. The van der Waals surface area contributed by atoms with Gasteiger partial charge in [0.15, 0.2) is 27.0 Å². The van der Waals surface area contributed by atoms with Gasteiger partial charge in [0.2, 0.25) is 11.2 Å². The summed E-state index contributed by atoms with van der Waals surface area (Å²) in [4.78, 5) is 34.2. The van der Waals surface area contributed by atoms with E-state index >= 15 is 0 Å². The van der Waals surface area contributed by atoms with Gasteiger partial charge in [0.1, 0.15) is 39.3 Å². The Morgan fingerprint density at radius 2 is 1.45 bits per heavy atom. The maximum Gasteiger partial charge on any atom is 0.298 e. The number of sulfone groups is 1. The van der Waals surface area contributed by atoms with Crippen LogP contribution in [0.4, 0.5) is 40.1 Å². The van der Waals surface area contributed by atoms with Crippen molar-refractivity contribution < 1.29 is 68.9 Å². The first-order valence-electron chi connectivity index (χ1n) is 20.3. The molecule has 0 saturated heterocycles. The summed E-state index contributed by atoms with van der Waals surface area (Å²) in [5, 5.41) is 73.1. The maximum absolute atomic E-state index is 12.3. The van der Waals surface area contributed by atoms with Crippen LogP contribution in [0.1, 0.15) is 31.7 Å². The van der Waals surface area contributed by atoms with E-state index < -0.39 is 64.3 Å². The number of allylic oxidation sites excluding steroid dienone is 1. The summed E-state index contributed by atoms with van der Waals surface area (Å²) in [6.45, 7) is 2.94. The number of nitrogens with one attached hydrogen (secondary N) is 2. The minimum absolute atomic E-state index is 0. The van der Waals surface area contributed by atoms with Gasteiger partial charge in [-0.2, -0.15) is 18.4 Å². The first-order valence-corrected chi connectivity index (χ1v) is 23.8. The molecule has 0 spiro atoms. The topological polar surface area (TPSA) is 342 Å². The second kappa shape index (κ2) is 23.6. The largest absolute Gasteiger partial charge is 0.510 e. The van der Waals surface area contributed by atoms with E-state index in [2.05, 4.69) is 46.0 Å². The van der Waals surface area contributed by atoms with Gasteiger partial charge in [0.05, 0.1) is 15.6 Å². The van der Waals surface area contributed by atoms with E-state index in [1.165, 1.54) is 6.07 Å². The summed E-state index contributed by atoms with van der Waals surface area (Å²) in [6.07, 6.45) is 0.886. The molecule has 0 bridgehead atoms. The molecule has 7 aromatic rings. The summed E-state index contributed by atoms with van der Waals surface area (Å²) in [6, 6.07) is 31.1. The third-order valence-electron chi connectivity index (χ3n) is 9.52. The van der Waals surface area contributed by atoms with E-state index in [9.17, 15) is 52.2 Å². The minimum atomic E-state index is -5.02. The van der Waals surface area contributed by atoms with E-state index in [0.717, 1.165) is 17.9 Å². The Kier molecular flexibility index (Phi) is 18.0. The first kappa shape index (κ1) is 54.0. The summed E-state index contributed by atoms with van der Waals surface area (Å²) >= 11 is 6.17.